The molecule has 1 aromatic carbocycles. The van der Waals surface area contributed by atoms with Crippen LogP contribution in [0.5, 0.6) is 0 Å². The Morgan fingerprint density at radius 3 is 2.31 bits per heavy atom. The summed E-state index contributed by atoms with van der Waals surface area (Å²) in [6.45, 7) is 8.97. The zero-order chi connectivity index (χ0) is 18.5. The molecule has 4 heteroatoms. The van der Waals surface area contributed by atoms with Crippen molar-refractivity contribution in [2.45, 2.75) is 52.0 Å². The summed E-state index contributed by atoms with van der Waals surface area (Å²) in [5.41, 5.74) is 2.50. The van der Waals surface area contributed by atoms with Crippen molar-refractivity contribution in [3.05, 3.63) is 29.8 Å². The number of hydrogen-bond donors (Lipinski definition) is 1. The number of carbonyl (C=O) groups excluding carboxylic acids is 1. The smallest absolute Gasteiger partial charge is 0.220 e. The molecule has 4 nitrogen and oxygen atoms in total. The third-order valence-electron chi connectivity index (χ3n) is 6.23. The number of piperidine rings is 2. The molecule has 0 saturated carbocycles. The summed E-state index contributed by atoms with van der Waals surface area (Å²) in [4.78, 5) is 17.2. The van der Waals surface area contributed by atoms with Crippen molar-refractivity contribution < 1.29 is 4.79 Å². The standard InChI is InChI=1S/C22H35N3O/c1-17-8-14-25(15-9-17)21-6-4-20(5-7-21)18(2)23-22(26)16-19-10-12-24(3)13-11-19/h4-7,17-19H,8-16H2,1-3H3,(H,23,26)/t18-/m0/s1. The molecule has 3 rings (SSSR count). The summed E-state index contributed by atoms with van der Waals surface area (Å²) >= 11 is 0. The van der Waals surface area contributed by atoms with E-state index >= 15 is 0 Å². The molecule has 0 spiro atoms. The van der Waals surface area contributed by atoms with E-state index in [1.54, 1.807) is 0 Å². The van der Waals surface area contributed by atoms with E-state index in [-0.39, 0.29) is 11.9 Å². The van der Waals surface area contributed by atoms with Crippen molar-refractivity contribution >= 4 is 11.6 Å². The van der Waals surface area contributed by atoms with Gasteiger partial charge < -0.3 is 15.1 Å². The summed E-state index contributed by atoms with van der Waals surface area (Å²) in [6, 6.07) is 8.85. The first-order valence-electron chi connectivity index (χ1n) is 10.3. The Balaban J connectivity index is 1.48. The molecule has 1 atom stereocenters. The van der Waals surface area contributed by atoms with E-state index in [9.17, 15) is 4.79 Å². The Morgan fingerprint density at radius 1 is 1.08 bits per heavy atom. The van der Waals surface area contributed by atoms with Gasteiger partial charge in [0.1, 0.15) is 0 Å². The highest BCUT2D eigenvalue weighted by Gasteiger charge is 2.21. The van der Waals surface area contributed by atoms with Gasteiger partial charge in [0.05, 0.1) is 6.04 Å². The quantitative estimate of drug-likeness (QED) is 0.870. The third-order valence-corrected chi connectivity index (χ3v) is 6.23. The first-order valence-corrected chi connectivity index (χ1v) is 10.3. The van der Waals surface area contributed by atoms with Gasteiger partial charge in [0.15, 0.2) is 0 Å². The second-order valence-electron chi connectivity index (χ2n) is 8.50. The summed E-state index contributed by atoms with van der Waals surface area (Å²) < 4.78 is 0. The molecule has 2 heterocycles. The zero-order valence-electron chi connectivity index (χ0n) is 16.7. The van der Waals surface area contributed by atoms with Crippen molar-refractivity contribution in [1.82, 2.24) is 10.2 Å². The number of nitrogens with one attached hydrogen (secondary N) is 1. The van der Waals surface area contributed by atoms with Crippen LogP contribution in [-0.2, 0) is 4.79 Å². The fraction of sp³-hybridized carbons (Fsp3) is 0.682. The van der Waals surface area contributed by atoms with Crippen LogP contribution >= 0.6 is 0 Å². The Hall–Kier alpha value is -1.55. The molecule has 2 aliphatic heterocycles. The predicted molar refractivity (Wildman–Crippen MR) is 108 cm³/mol. The number of amides is 1. The van der Waals surface area contributed by atoms with Gasteiger partial charge in [-0.2, -0.15) is 0 Å². The van der Waals surface area contributed by atoms with Gasteiger partial charge in [0.25, 0.3) is 0 Å². The number of likely N-dealkylation sites (tertiary alicyclic amines) is 1. The van der Waals surface area contributed by atoms with Crippen LogP contribution in [0.1, 0.15) is 57.6 Å². The minimum atomic E-state index is 0.0733. The molecule has 1 N–H and O–H groups in total. The van der Waals surface area contributed by atoms with Crippen LogP contribution in [0.25, 0.3) is 0 Å². The van der Waals surface area contributed by atoms with E-state index < -0.39 is 0 Å². The summed E-state index contributed by atoms with van der Waals surface area (Å²) in [7, 11) is 2.16. The number of rotatable bonds is 5. The van der Waals surface area contributed by atoms with Gasteiger partial charge in [-0.25, -0.2) is 0 Å². The highest BCUT2D eigenvalue weighted by molar-refractivity contribution is 5.76. The maximum Gasteiger partial charge on any atom is 0.220 e. The normalized spacial score (nSPS) is 21.6. The van der Waals surface area contributed by atoms with Gasteiger partial charge in [-0.1, -0.05) is 19.1 Å². The van der Waals surface area contributed by atoms with Crippen molar-refractivity contribution in [3.63, 3.8) is 0 Å². The van der Waals surface area contributed by atoms with Crippen molar-refractivity contribution in [1.29, 1.82) is 0 Å². The molecule has 2 fully saturated rings. The maximum atomic E-state index is 12.4. The van der Waals surface area contributed by atoms with Gasteiger partial charge in [0.2, 0.25) is 5.91 Å². The third kappa shape index (κ3) is 5.23. The Morgan fingerprint density at radius 2 is 1.69 bits per heavy atom. The molecule has 0 aromatic heterocycles. The molecule has 0 unspecified atom stereocenters. The van der Waals surface area contributed by atoms with Gasteiger partial charge in [-0.15, -0.1) is 0 Å². The minimum Gasteiger partial charge on any atom is -0.372 e. The summed E-state index contributed by atoms with van der Waals surface area (Å²) in [5, 5.41) is 3.19. The molecule has 1 amide bonds. The molecule has 0 bridgehead atoms. The molecule has 1 aromatic rings. The molecule has 0 radical (unpaired) electrons. The number of anilines is 1. The number of hydrogen-bond acceptors (Lipinski definition) is 3. The SMILES string of the molecule is CC1CCN(c2ccc([C@H](C)NC(=O)CC3CCN(C)CC3)cc2)CC1. The Kier molecular flexibility index (Phi) is 6.58. The zero-order valence-corrected chi connectivity index (χ0v) is 16.7. The van der Waals surface area contributed by atoms with E-state index in [1.807, 2.05) is 0 Å². The molecular weight excluding hydrogens is 322 g/mol. The van der Waals surface area contributed by atoms with E-state index in [2.05, 4.69) is 60.3 Å². The average Bonchev–Trinajstić information content (AvgIpc) is 2.64. The molecule has 144 valence electrons. The van der Waals surface area contributed by atoms with Crippen LogP contribution in [0, 0.1) is 11.8 Å². The number of carbonyl (C=O) groups is 1. The highest BCUT2D eigenvalue weighted by atomic mass is 16.1. The first-order chi connectivity index (χ1) is 12.5. The summed E-state index contributed by atoms with van der Waals surface area (Å²) in [6.07, 6.45) is 5.52. The van der Waals surface area contributed by atoms with Crippen LogP contribution in [0.3, 0.4) is 0 Å². The molecule has 2 aliphatic rings. The van der Waals surface area contributed by atoms with Crippen LogP contribution in [0.2, 0.25) is 0 Å². The number of benzene rings is 1. The maximum absolute atomic E-state index is 12.4. The number of nitrogens with zero attached hydrogens (tertiary/aromatic N) is 2. The van der Waals surface area contributed by atoms with Gasteiger partial charge >= 0.3 is 0 Å². The van der Waals surface area contributed by atoms with Gasteiger partial charge in [0, 0.05) is 25.2 Å². The van der Waals surface area contributed by atoms with Crippen LogP contribution in [-0.4, -0.2) is 44.0 Å². The second-order valence-corrected chi connectivity index (χ2v) is 8.50. The lowest BCUT2D eigenvalue weighted by atomic mass is 9.93. The topological polar surface area (TPSA) is 35.6 Å². The van der Waals surface area contributed by atoms with E-state index in [4.69, 9.17) is 0 Å². The van der Waals surface area contributed by atoms with Crippen LogP contribution in [0.15, 0.2) is 24.3 Å². The molecular formula is C22H35N3O. The second kappa shape index (κ2) is 8.90. The van der Waals surface area contributed by atoms with Crippen molar-refractivity contribution in [3.8, 4) is 0 Å². The predicted octanol–water partition coefficient (Wildman–Crippen LogP) is 3.83. The Bertz CT molecular complexity index is 570. The fourth-order valence-electron chi connectivity index (χ4n) is 4.15. The van der Waals surface area contributed by atoms with Gasteiger partial charge in [-0.3, -0.25) is 4.79 Å². The largest absolute Gasteiger partial charge is 0.372 e. The van der Waals surface area contributed by atoms with Crippen LogP contribution < -0.4 is 10.2 Å². The fourth-order valence-corrected chi connectivity index (χ4v) is 4.15. The molecule has 2 saturated heterocycles. The first kappa shape index (κ1) is 19.2. The van der Waals surface area contributed by atoms with E-state index in [0.717, 1.165) is 44.9 Å². The van der Waals surface area contributed by atoms with Crippen LogP contribution in [0.4, 0.5) is 5.69 Å². The average molecular weight is 358 g/mol. The van der Waals surface area contributed by atoms with Crippen molar-refractivity contribution in [2.24, 2.45) is 11.8 Å². The molecule has 26 heavy (non-hydrogen) atoms. The Labute approximate surface area is 158 Å². The van der Waals surface area contributed by atoms with Crippen molar-refractivity contribution in [2.75, 3.05) is 38.1 Å². The highest BCUT2D eigenvalue weighted by Crippen LogP contribution is 2.25. The van der Waals surface area contributed by atoms with E-state index in [1.165, 1.54) is 24.1 Å². The molecule has 0 aliphatic carbocycles. The minimum absolute atomic E-state index is 0.0733. The lowest BCUT2D eigenvalue weighted by molar-refractivity contribution is -0.123. The lowest BCUT2D eigenvalue weighted by Crippen LogP contribution is -2.34. The summed E-state index contributed by atoms with van der Waals surface area (Å²) in [5.74, 6) is 1.59. The van der Waals surface area contributed by atoms with Gasteiger partial charge in [-0.05, 0) is 82.3 Å². The lowest BCUT2D eigenvalue weighted by Gasteiger charge is -2.32. The van der Waals surface area contributed by atoms with E-state index in [0.29, 0.717) is 12.3 Å². The monoisotopic (exact) mass is 357 g/mol.